The Morgan fingerprint density at radius 3 is 2.54 bits per heavy atom. The van der Waals surface area contributed by atoms with Gasteiger partial charge >= 0.3 is 0 Å². The molecule has 0 aliphatic heterocycles. The van der Waals surface area contributed by atoms with Crippen LogP contribution in [0.5, 0.6) is 0 Å². The number of hydrogen-bond donors (Lipinski definition) is 2. The third-order valence-corrected chi connectivity index (χ3v) is 2.06. The molecule has 0 radical (unpaired) electrons. The van der Waals surface area contributed by atoms with Gasteiger partial charge in [0.2, 0.25) is 5.95 Å². The third-order valence-electron chi connectivity index (χ3n) is 2.06. The first-order valence-corrected chi connectivity index (χ1v) is 4.38. The van der Waals surface area contributed by atoms with E-state index in [4.69, 9.17) is 5.11 Å². The quantitative estimate of drug-likeness (QED) is 0.724. The maximum Gasteiger partial charge on any atom is 0.222 e. The van der Waals surface area contributed by atoms with Crippen molar-refractivity contribution >= 4 is 5.95 Å². The molecule has 0 saturated carbocycles. The van der Waals surface area contributed by atoms with Gasteiger partial charge in [0.1, 0.15) is 0 Å². The molecule has 1 aromatic heterocycles. The van der Waals surface area contributed by atoms with Crippen LogP contribution in [0.4, 0.5) is 5.95 Å². The highest BCUT2D eigenvalue weighted by Gasteiger charge is 2.10. The summed E-state index contributed by atoms with van der Waals surface area (Å²) in [7, 11) is 0. The number of nitrogens with one attached hydrogen (secondary N) is 1. The van der Waals surface area contributed by atoms with E-state index in [0.717, 1.165) is 0 Å². The summed E-state index contributed by atoms with van der Waals surface area (Å²) in [4.78, 5) is 8.06. The van der Waals surface area contributed by atoms with Crippen molar-refractivity contribution in [2.24, 2.45) is 5.92 Å². The predicted octanol–water partition coefficient (Wildman–Crippen LogP) is 0.905. The summed E-state index contributed by atoms with van der Waals surface area (Å²) < 4.78 is 0. The molecule has 4 nitrogen and oxygen atoms in total. The number of aliphatic hydroxyl groups is 1. The molecule has 0 aromatic carbocycles. The summed E-state index contributed by atoms with van der Waals surface area (Å²) in [6.07, 6.45) is 3.37. The summed E-state index contributed by atoms with van der Waals surface area (Å²) in [5.41, 5.74) is 0. The van der Waals surface area contributed by atoms with Crippen molar-refractivity contribution in [3.05, 3.63) is 18.5 Å². The Labute approximate surface area is 78.0 Å². The van der Waals surface area contributed by atoms with Gasteiger partial charge in [0.05, 0.1) is 0 Å². The minimum absolute atomic E-state index is 0.168. The van der Waals surface area contributed by atoms with Gasteiger partial charge in [-0.3, -0.25) is 0 Å². The van der Waals surface area contributed by atoms with Crippen molar-refractivity contribution in [2.45, 2.75) is 19.9 Å². The van der Waals surface area contributed by atoms with E-state index in [1.165, 1.54) is 0 Å². The Kier molecular flexibility index (Phi) is 3.64. The van der Waals surface area contributed by atoms with Crippen molar-refractivity contribution in [3.8, 4) is 0 Å². The molecule has 72 valence electrons. The fourth-order valence-electron chi connectivity index (χ4n) is 0.878. The largest absolute Gasteiger partial charge is 0.396 e. The molecule has 13 heavy (non-hydrogen) atoms. The topological polar surface area (TPSA) is 58.0 Å². The van der Waals surface area contributed by atoms with E-state index >= 15 is 0 Å². The van der Waals surface area contributed by atoms with Gasteiger partial charge in [0, 0.05) is 25.0 Å². The minimum Gasteiger partial charge on any atom is -0.396 e. The van der Waals surface area contributed by atoms with E-state index < -0.39 is 0 Å². The maximum atomic E-state index is 8.90. The van der Waals surface area contributed by atoms with Crippen LogP contribution in [0.25, 0.3) is 0 Å². The molecule has 0 spiro atoms. The van der Waals surface area contributed by atoms with E-state index in [1.807, 2.05) is 13.8 Å². The van der Waals surface area contributed by atoms with Gasteiger partial charge in [-0.25, -0.2) is 9.97 Å². The van der Waals surface area contributed by atoms with Crippen LogP contribution in [-0.2, 0) is 0 Å². The fourth-order valence-corrected chi connectivity index (χ4v) is 0.878. The first kappa shape index (κ1) is 9.92. The van der Waals surface area contributed by atoms with E-state index in [9.17, 15) is 0 Å². The molecule has 2 atom stereocenters. The average Bonchev–Trinajstić information content (AvgIpc) is 2.18. The lowest BCUT2D eigenvalue weighted by Gasteiger charge is -2.18. The standard InChI is InChI=1S/C9H15N3O/c1-7(6-13)8(2)12-9-10-4-3-5-11-9/h3-5,7-8,13H,6H2,1-2H3,(H,10,11,12). The van der Waals surface area contributed by atoms with Crippen LogP contribution in [0.1, 0.15) is 13.8 Å². The summed E-state index contributed by atoms with van der Waals surface area (Å²) in [6.45, 7) is 4.14. The minimum atomic E-state index is 0.168. The van der Waals surface area contributed by atoms with Crippen molar-refractivity contribution in [1.29, 1.82) is 0 Å². The number of rotatable bonds is 4. The zero-order valence-corrected chi connectivity index (χ0v) is 7.94. The lowest BCUT2D eigenvalue weighted by atomic mass is 10.1. The molecule has 2 N–H and O–H groups in total. The Balaban J connectivity index is 2.50. The first-order chi connectivity index (χ1) is 6.24. The molecule has 2 unspecified atom stereocenters. The number of aromatic nitrogens is 2. The molecule has 0 amide bonds. The Morgan fingerprint density at radius 1 is 1.38 bits per heavy atom. The lowest BCUT2D eigenvalue weighted by Crippen LogP contribution is -2.27. The lowest BCUT2D eigenvalue weighted by molar-refractivity contribution is 0.226. The van der Waals surface area contributed by atoms with Crippen LogP contribution >= 0.6 is 0 Å². The zero-order chi connectivity index (χ0) is 9.68. The van der Waals surface area contributed by atoms with Crippen LogP contribution in [0.15, 0.2) is 18.5 Å². The van der Waals surface area contributed by atoms with E-state index in [-0.39, 0.29) is 18.6 Å². The summed E-state index contributed by atoms with van der Waals surface area (Å²) in [6, 6.07) is 1.94. The molecular weight excluding hydrogens is 166 g/mol. The molecule has 0 aliphatic carbocycles. The normalized spacial score (nSPS) is 15.0. The average molecular weight is 181 g/mol. The smallest absolute Gasteiger partial charge is 0.222 e. The second kappa shape index (κ2) is 4.77. The molecule has 1 aromatic rings. The molecule has 0 fully saturated rings. The van der Waals surface area contributed by atoms with Crippen molar-refractivity contribution < 1.29 is 5.11 Å². The highest BCUT2D eigenvalue weighted by atomic mass is 16.3. The van der Waals surface area contributed by atoms with Gasteiger partial charge in [-0.1, -0.05) is 6.92 Å². The van der Waals surface area contributed by atoms with Crippen LogP contribution < -0.4 is 5.32 Å². The molecule has 0 aliphatic rings. The monoisotopic (exact) mass is 181 g/mol. The van der Waals surface area contributed by atoms with E-state index in [1.54, 1.807) is 18.5 Å². The summed E-state index contributed by atoms with van der Waals surface area (Å²) >= 11 is 0. The molecule has 1 rings (SSSR count). The van der Waals surface area contributed by atoms with Crippen LogP contribution in [0, 0.1) is 5.92 Å². The Bertz CT molecular complexity index is 240. The number of hydrogen-bond acceptors (Lipinski definition) is 4. The van der Waals surface area contributed by atoms with Gasteiger partial charge in [0.15, 0.2) is 0 Å². The third kappa shape index (κ3) is 2.99. The Hall–Kier alpha value is -1.16. The predicted molar refractivity (Wildman–Crippen MR) is 51.4 cm³/mol. The van der Waals surface area contributed by atoms with Gasteiger partial charge < -0.3 is 10.4 Å². The van der Waals surface area contributed by atoms with Crippen LogP contribution in [0.2, 0.25) is 0 Å². The van der Waals surface area contributed by atoms with Gasteiger partial charge in [-0.05, 0) is 18.9 Å². The zero-order valence-electron chi connectivity index (χ0n) is 7.94. The highest BCUT2D eigenvalue weighted by Crippen LogP contribution is 2.06. The van der Waals surface area contributed by atoms with Crippen LogP contribution in [0.3, 0.4) is 0 Å². The number of nitrogens with zero attached hydrogens (tertiary/aromatic N) is 2. The second-order valence-electron chi connectivity index (χ2n) is 3.17. The maximum absolute atomic E-state index is 8.90. The number of anilines is 1. The molecule has 0 saturated heterocycles. The molecule has 1 heterocycles. The van der Waals surface area contributed by atoms with Gasteiger partial charge in [-0.2, -0.15) is 0 Å². The number of aliphatic hydroxyl groups excluding tert-OH is 1. The van der Waals surface area contributed by atoms with Crippen LogP contribution in [-0.4, -0.2) is 27.7 Å². The van der Waals surface area contributed by atoms with Crippen molar-refractivity contribution in [3.63, 3.8) is 0 Å². The molecule has 4 heteroatoms. The van der Waals surface area contributed by atoms with Gasteiger partial charge in [0.25, 0.3) is 0 Å². The Morgan fingerprint density at radius 2 is 2.00 bits per heavy atom. The van der Waals surface area contributed by atoms with Crippen molar-refractivity contribution in [2.75, 3.05) is 11.9 Å². The fraction of sp³-hybridized carbons (Fsp3) is 0.556. The molecular formula is C9H15N3O. The molecule has 0 bridgehead atoms. The van der Waals surface area contributed by atoms with Gasteiger partial charge in [-0.15, -0.1) is 0 Å². The SMILES string of the molecule is CC(CO)C(C)Nc1ncccn1. The highest BCUT2D eigenvalue weighted by molar-refractivity contribution is 5.23. The summed E-state index contributed by atoms with van der Waals surface area (Å²) in [5, 5.41) is 12.0. The van der Waals surface area contributed by atoms with E-state index in [0.29, 0.717) is 5.95 Å². The second-order valence-corrected chi connectivity index (χ2v) is 3.17. The summed E-state index contributed by atoms with van der Waals surface area (Å²) in [5.74, 6) is 0.805. The van der Waals surface area contributed by atoms with E-state index in [2.05, 4.69) is 15.3 Å². The van der Waals surface area contributed by atoms with Crippen molar-refractivity contribution in [1.82, 2.24) is 9.97 Å². The first-order valence-electron chi connectivity index (χ1n) is 4.38.